The van der Waals surface area contributed by atoms with Crippen LogP contribution in [0.3, 0.4) is 0 Å². The molecule has 1 aromatic carbocycles. The normalized spacial score (nSPS) is 20.4. The molecule has 0 aliphatic carbocycles. The summed E-state index contributed by atoms with van der Waals surface area (Å²) in [7, 11) is 3.68. The highest BCUT2D eigenvalue weighted by Crippen LogP contribution is 2.35. The topological polar surface area (TPSA) is 104 Å². The van der Waals surface area contributed by atoms with Crippen molar-refractivity contribution in [2.45, 2.75) is 30.7 Å². The van der Waals surface area contributed by atoms with E-state index in [-0.39, 0.29) is 29.0 Å². The average molecular weight is 482 g/mol. The third-order valence-corrected chi connectivity index (χ3v) is 6.74. The zero-order chi connectivity index (χ0) is 23.2. The summed E-state index contributed by atoms with van der Waals surface area (Å²) >= 11 is -1.68. The Morgan fingerprint density at radius 1 is 1.44 bits per heavy atom. The summed E-state index contributed by atoms with van der Waals surface area (Å²) in [5, 5.41) is 6.50. The van der Waals surface area contributed by atoms with Gasteiger partial charge < -0.3 is 23.7 Å². The summed E-state index contributed by atoms with van der Waals surface area (Å²) < 4.78 is 55.9. The number of aromatic nitrogens is 2. The number of carbonyl (C=O) groups excluding carboxylic acids is 1. The van der Waals surface area contributed by atoms with Crippen molar-refractivity contribution >= 4 is 37.5 Å². The van der Waals surface area contributed by atoms with E-state index in [1.165, 1.54) is 16.8 Å². The monoisotopic (exact) mass is 482 g/mol. The van der Waals surface area contributed by atoms with Crippen molar-refractivity contribution in [3.8, 4) is 5.75 Å². The number of aryl methyl sites for hydroxylation is 2. The summed E-state index contributed by atoms with van der Waals surface area (Å²) in [5.41, 5.74) is 0.107. The molecule has 1 aliphatic heterocycles. The van der Waals surface area contributed by atoms with E-state index < -0.39 is 34.4 Å². The zero-order valence-corrected chi connectivity index (χ0v) is 19.5. The van der Waals surface area contributed by atoms with Crippen molar-refractivity contribution < 1.29 is 27.4 Å². The van der Waals surface area contributed by atoms with Gasteiger partial charge in [-0.05, 0) is 19.9 Å². The molecule has 1 aliphatic rings. The van der Waals surface area contributed by atoms with Gasteiger partial charge in [-0.3, -0.25) is 4.79 Å². The van der Waals surface area contributed by atoms with Crippen LogP contribution >= 0.6 is 9.24 Å². The average Bonchev–Trinajstić information content (AvgIpc) is 3.23. The van der Waals surface area contributed by atoms with Gasteiger partial charge in [0.15, 0.2) is 17.3 Å². The van der Waals surface area contributed by atoms with Crippen LogP contribution in [0.5, 0.6) is 5.75 Å². The molecule has 3 atom stereocenters. The van der Waals surface area contributed by atoms with Gasteiger partial charge in [-0.2, -0.15) is 0 Å². The Morgan fingerprint density at radius 3 is 2.84 bits per heavy atom. The fraction of sp³-hybridized carbons (Fsp3) is 0.300. The Hall–Kier alpha value is -2.46. The van der Waals surface area contributed by atoms with E-state index in [2.05, 4.69) is 24.4 Å². The van der Waals surface area contributed by atoms with Gasteiger partial charge in [0.1, 0.15) is 17.9 Å². The molecule has 0 saturated heterocycles. The molecule has 12 heteroatoms. The molecule has 3 unspecified atom stereocenters. The largest absolute Gasteiger partial charge is 0.593 e. The van der Waals surface area contributed by atoms with Crippen LogP contribution in [0.25, 0.3) is 0 Å². The van der Waals surface area contributed by atoms with E-state index in [4.69, 9.17) is 9.26 Å². The zero-order valence-electron chi connectivity index (χ0n) is 17.5. The fourth-order valence-corrected chi connectivity index (χ4v) is 5.10. The minimum Gasteiger partial charge on any atom is -0.593 e. The number of hydrogen-bond acceptors (Lipinski definition) is 6. The maximum Gasteiger partial charge on any atom is 0.276 e. The first-order valence-electron chi connectivity index (χ1n) is 9.56. The molecule has 1 amide bonds. The first-order valence-corrected chi connectivity index (χ1v) is 11.3. The number of benzene rings is 1. The Balaban J connectivity index is 1.60. The van der Waals surface area contributed by atoms with Crippen molar-refractivity contribution in [2.24, 2.45) is 7.05 Å². The molecule has 0 saturated carbocycles. The van der Waals surface area contributed by atoms with Gasteiger partial charge in [-0.15, -0.1) is 14.0 Å². The molecule has 0 spiro atoms. The van der Waals surface area contributed by atoms with E-state index in [9.17, 15) is 18.1 Å². The van der Waals surface area contributed by atoms with Crippen molar-refractivity contribution in [2.75, 3.05) is 11.9 Å². The number of halogens is 2. The Bertz CT molecular complexity index is 1180. The lowest BCUT2D eigenvalue weighted by molar-refractivity contribution is 0.101. The van der Waals surface area contributed by atoms with Crippen LogP contribution in [-0.2, 0) is 24.8 Å². The van der Waals surface area contributed by atoms with Gasteiger partial charge in [0.05, 0.1) is 23.3 Å². The van der Waals surface area contributed by atoms with Crippen molar-refractivity contribution in [3.63, 3.8) is 0 Å². The number of carbonyl (C=O) groups is 1. The number of hydrogen-bond donors (Lipinski definition) is 2. The highest BCUT2D eigenvalue weighted by Gasteiger charge is 2.41. The van der Waals surface area contributed by atoms with E-state index in [1.54, 1.807) is 20.0 Å². The van der Waals surface area contributed by atoms with Crippen LogP contribution in [0, 0.1) is 18.6 Å². The van der Waals surface area contributed by atoms with Gasteiger partial charge in [-0.1, -0.05) is 5.16 Å². The number of fused-ring (bicyclic) bond motifs is 1. The maximum atomic E-state index is 13.7. The van der Waals surface area contributed by atoms with E-state index in [1.807, 2.05) is 6.92 Å². The number of nitrogens with zero attached hydrogens (tertiary/aromatic N) is 2. The first kappa shape index (κ1) is 22.7. The lowest BCUT2D eigenvalue weighted by atomic mass is 9.98. The van der Waals surface area contributed by atoms with Crippen LogP contribution in [-0.4, -0.2) is 32.3 Å². The summed E-state index contributed by atoms with van der Waals surface area (Å²) in [4.78, 5) is 13.3. The van der Waals surface area contributed by atoms with Crippen LogP contribution in [0.2, 0.25) is 0 Å². The molecule has 32 heavy (non-hydrogen) atoms. The summed E-state index contributed by atoms with van der Waals surface area (Å²) in [5.74, 6) is -1.89. The number of rotatable bonds is 4. The molecule has 3 heterocycles. The summed E-state index contributed by atoms with van der Waals surface area (Å²) in [6, 6.07) is 3.97. The number of anilines is 1. The molecule has 0 bridgehead atoms. The highest BCUT2D eigenvalue weighted by atomic mass is 32.2. The van der Waals surface area contributed by atoms with E-state index in [0.29, 0.717) is 22.8 Å². The molecule has 170 valence electrons. The molecular weight excluding hydrogens is 461 g/mol. The Kier molecular flexibility index (Phi) is 6.02. The summed E-state index contributed by atoms with van der Waals surface area (Å²) in [6.45, 7) is 3.72. The smallest absolute Gasteiger partial charge is 0.276 e. The third kappa shape index (κ3) is 4.38. The van der Waals surface area contributed by atoms with Crippen LogP contribution in [0.1, 0.15) is 28.9 Å². The Labute approximate surface area is 188 Å². The molecule has 0 radical (unpaired) electrons. The fourth-order valence-electron chi connectivity index (χ4n) is 3.51. The lowest BCUT2D eigenvalue weighted by Gasteiger charge is -2.26. The van der Waals surface area contributed by atoms with Gasteiger partial charge >= 0.3 is 0 Å². The lowest BCUT2D eigenvalue weighted by Crippen LogP contribution is -2.50. The van der Waals surface area contributed by atoms with Crippen LogP contribution in [0.15, 0.2) is 33.8 Å². The molecule has 0 fully saturated rings. The second-order valence-corrected chi connectivity index (χ2v) is 9.73. The molecule has 8 nitrogen and oxygen atoms in total. The quantitative estimate of drug-likeness (QED) is 0.437. The predicted molar refractivity (Wildman–Crippen MR) is 117 cm³/mol. The first-order chi connectivity index (χ1) is 15.1. The Morgan fingerprint density at radius 2 is 2.19 bits per heavy atom. The van der Waals surface area contributed by atoms with Crippen LogP contribution in [0.4, 0.5) is 14.5 Å². The molecule has 3 aromatic rings. The van der Waals surface area contributed by atoms with Gasteiger partial charge in [0.25, 0.3) is 5.91 Å². The number of nitrogens with one attached hydrogen (secondary N) is 2. The van der Waals surface area contributed by atoms with Crippen molar-refractivity contribution in [1.29, 1.82) is 0 Å². The number of amides is 1. The molecular formula is C20H21F2N4O4PS. The molecule has 2 N–H and O–H groups in total. The molecule has 4 rings (SSSR count). The van der Waals surface area contributed by atoms with Gasteiger partial charge in [-0.25, -0.2) is 8.78 Å². The second kappa shape index (κ2) is 8.47. The van der Waals surface area contributed by atoms with Crippen molar-refractivity contribution in [1.82, 2.24) is 14.4 Å². The SMILES string of the molecule is Cc1cc(CC2(C)COc3c(cn(C)c3C(=O)Nc3cc(F)c(F)c(P)c3)[S+]([O-])N2)no1. The highest BCUT2D eigenvalue weighted by molar-refractivity contribution is 7.89. The van der Waals surface area contributed by atoms with E-state index in [0.717, 1.165) is 6.07 Å². The second-order valence-electron chi connectivity index (χ2n) is 7.92. The van der Waals surface area contributed by atoms with Gasteiger partial charge in [0.2, 0.25) is 10.6 Å². The maximum absolute atomic E-state index is 13.7. The number of ether oxygens (including phenoxy) is 1. The van der Waals surface area contributed by atoms with Crippen LogP contribution < -0.4 is 20.1 Å². The van der Waals surface area contributed by atoms with Crippen molar-refractivity contribution in [3.05, 3.63) is 53.2 Å². The predicted octanol–water partition coefficient (Wildman–Crippen LogP) is 2.36. The minimum absolute atomic E-state index is 0.0218. The summed E-state index contributed by atoms with van der Waals surface area (Å²) in [6.07, 6.45) is 1.92. The minimum atomic E-state index is -1.68. The standard InChI is InChI=1S/C20H21F2N4O4PS/c1-10-4-12(24-30-10)7-20(2)9-29-18-15(32(28)25-20)8-26(3)17(18)19(27)23-11-5-13(21)16(22)14(31)6-11/h4-6,8,25H,7,9,31H2,1-3H3,(H,23,27). The molecule has 2 aromatic heterocycles. The van der Waals surface area contributed by atoms with E-state index >= 15 is 0 Å². The third-order valence-electron chi connectivity index (χ3n) is 4.95. The van der Waals surface area contributed by atoms with Gasteiger partial charge in [0, 0.05) is 36.6 Å².